The number of carbonyl (C=O) groups is 1. The second-order valence-corrected chi connectivity index (χ2v) is 11.7. The number of hydrogen-bond donors (Lipinski definition) is 2. The van der Waals surface area contributed by atoms with E-state index in [2.05, 4.69) is 16.3 Å². The lowest BCUT2D eigenvalue weighted by atomic mass is 10.0. The highest BCUT2D eigenvalue weighted by atomic mass is 32.2. The SMILES string of the molecule is CC(C)Oc1ccc(C2=NC(c3cccc4c3CC[C@H]4NS(=O)(=O)CC(=O)N3CCOCC3)NO2)cc1C#N. The minimum Gasteiger partial charge on any atom is -0.490 e. The summed E-state index contributed by atoms with van der Waals surface area (Å²) < 4.78 is 39.4. The quantitative estimate of drug-likeness (QED) is 0.506. The van der Waals surface area contributed by atoms with E-state index in [0.717, 1.165) is 16.7 Å². The van der Waals surface area contributed by atoms with E-state index in [9.17, 15) is 18.5 Å². The van der Waals surface area contributed by atoms with E-state index < -0.39 is 33.9 Å². The van der Waals surface area contributed by atoms with E-state index in [4.69, 9.17) is 19.3 Å². The van der Waals surface area contributed by atoms with E-state index in [-0.39, 0.29) is 6.10 Å². The molecular formula is C27H31N5O6S. The highest BCUT2D eigenvalue weighted by Gasteiger charge is 2.33. The first-order valence-electron chi connectivity index (χ1n) is 12.9. The van der Waals surface area contributed by atoms with Crippen molar-refractivity contribution < 1.29 is 27.5 Å². The Morgan fingerprint density at radius 1 is 1.26 bits per heavy atom. The lowest BCUT2D eigenvalue weighted by Gasteiger charge is -2.27. The van der Waals surface area contributed by atoms with Gasteiger partial charge in [0.25, 0.3) is 0 Å². The van der Waals surface area contributed by atoms with Gasteiger partial charge in [0, 0.05) is 24.7 Å². The molecule has 0 aromatic heterocycles. The molecule has 1 amide bonds. The molecule has 2 heterocycles. The maximum Gasteiger partial charge on any atom is 0.242 e. The van der Waals surface area contributed by atoms with Crippen LogP contribution in [0.15, 0.2) is 41.4 Å². The molecule has 1 unspecified atom stereocenters. The molecule has 2 aliphatic heterocycles. The maximum absolute atomic E-state index is 12.8. The van der Waals surface area contributed by atoms with Crippen LogP contribution in [0.1, 0.15) is 60.3 Å². The molecule has 206 valence electrons. The molecule has 2 aromatic carbocycles. The minimum atomic E-state index is -3.84. The molecule has 2 aromatic rings. The molecule has 11 nitrogen and oxygen atoms in total. The second-order valence-electron chi connectivity index (χ2n) is 9.92. The molecule has 0 saturated carbocycles. The van der Waals surface area contributed by atoms with Gasteiger partial charge in [0.05, 0.1) is 24.9 Å². The van der Waals surface area contributed by atoms with E-state index in [1.165, 1.54) is 4.90 Å². The lowest BCUT2D eigenvalue weighted by molar-refractivity contribution is -0.132. The average molecular weight is 554 g/mol. The molecular weight excluding hydrogens is 522 g/mol. The van der Waals surface area contributed by atoms with Crippen LogP contribution in [-0.4, -0.2) is 63.3 Å². The van der Waals surface area contributed by atoms with Crippen LogP contribution < -0.4 is 14.9 Å². The number of hydroxylamine groups is 1. The fraction of sp³-hybridized carbons (Fsp3) is 0.444. The predicted octanol–water partition coefficient (Wildman–Crippen LogP) is 2.09. The molecule has 1 aliphatic carbocycles. The predicted molar refractivity (Wildman–Crippen MR) is 142 cm³/mol. The number of nitrogens with one attached hydrogen (secondary N) is 2. The Morgan fingerprint density at radius 3 is 2.77 bits per heavy atom. The van der Waals surface area contributed by atoms with Crippen molar-refractivity contribution in [3.8, 4) is 11.8 Å². The van der Waals surface area contributed by atoms with Crippen LogP contribution >= 0.6 is 0 Å². The number of nitrogens with zero attached hydrogens (tertiary/aromatic N) is 3. The third-order valence-corrected chi connectivity index (χ3v) is 8.09. The first-order chi connectivity index (χ1) is 18.7. The van der Waals surface area contributed by atoms with Crippen molar-refractivity contribution in [3.63, 3.8) is 0 Å². The number of fused-ring (bicyclic) bond motifs is 1. The van der Waals surface area contributed by atoms with Crippen molar-refractivity contribution in [2.45, 2.75) is 45.0 Å². The topological polar surface area (TPSA) is 142 Å². The Morgan fingerprint density at radius 2 is 2.03 bits per heavy atom. The number of sulfonamides is 1. The number of morpholine rings is 1. The van der Waals surface area contributed by atoms with Gasteiger partial charge in [0.2, 0.25) is 21.8 Å². The Balaban J connectivity index is 1.31. The first-order valence-corrected chi connectivity index (χ1v) is 14.6. The first kappa shape index (κ1) is 27.1. The van der Waals surface area contributed by atoms with Gasteiger partial charge in [-0.1, -0.05) is 18.2 Å². The van der Waals surface area contributed by atoms with Gasteiger partial charge in [-0.15, -0.1) is 5.48 Å². The van der Waals surface area contributed by atoms with E-state index in [1.807, 2.05) is 32.0 Å². The van der Waals surface area contributed by atoms with Crippen molar-refractivity contribution in [2.24, 2.45) is 4.99 Å². The standard InChI is InChI=1S/C27H31N5O6S/c1-17(2)37-24-9-6-18(14-19(24)15-28)27-29-26(30-38-27)22-5-3-4-21-20(22)7-8-23(21)31-39(34,35)16-25(33)32-10-12-36-13-11-32/h3-6,9,14,17,23,26,30-31H,7-8,10-13,16H2,1-2H3/t23-,26?/m1/s1. The molecule has 3 aliphatic rings. The monoisotopic (exact) mass is 553 g/mol. The van der Waals surface area contributed by atoms with Crippen LogP contribution in [-0.2, 0) is 30.8 Å². The van der Waals surface area contributed by atoms with Crippen LogP contribution in [0.5, 0.6) is 5.75 Å². The molecule has 1 saturated heterocycles. The Bertz CT molecular complexity index is 1430. The van der Waals surface area contributed by atoms with Gasteiger partial charge in [-0.3, -0.25) is 4.79 Å². The van der Waals surface area contributed by atoms with Gasteiger partial charge in [-0.05, 0) is 61.6 Å². The van der Waals surface area contributed by atoms with E-state index in [0.29, 0.717) is 61.9 Å². The number of rotatable bonds is 8. The molecule has 1 fully saturated rings. The van der Waals surface area contributed by atoms with Crippen molar-refractivity contribution in [1.29, 1.82) is 5.26 Å². The summed E-state index contributed by atoms with van der Waals surface area (Å²) in [6.45, 7) is 5.42. The normalized spacial score (nSPS) is 20.8. The summed E-state index contributed by atoms with van der Waals surface area (Å²) in [6, 6.07) is 12.6. The highest BCUT2D eigenvalue weighted by Crippen LogP contribution is 2.37. The van der Waals surface area contributed by atoms with Crippen LogP contribution in [0.2, 0.25) is 0 Å². The zero-order chi connectivity index (χ0) is 27.6. The van der Waals surface area contributed by atoms with Gasteiger partial charge in [0.1, 0.15) is 17.6 Å². The fourth-order valence-corrected chi connectivity index (χ4v) is 6.31. The average Bonchev–Trinajstić information content (AvgIpc) is 3.56. The number of aliphatic imine (C=N–C) groups is 1. The van der Waals surface area contributed by atoms with Gasteiger partial charge in [0.15, 0.2) is 6.17 Å². The highest BCUT2D eigenvalue weighted by molar-refractivity contribution is 7.90. The Labute approximate surface area is 227 Å². The number of carbonyl (C=O) groups excluding carboxylic acids is 1. The third kappa shape index (κ3) is 6.07. The van der Waals surface area contributed by atoms with Crippen LogP contribution in [0.4, 0.5) is 0 Å². The molecule has 39 heavy (non-hydrogen) atoms. The summed E-state index contributed by atoms with van der Waals surface area (Å²) in [5, 5.41) is 9.55. The number of nitriles is 1. The van der Waals surface area contributed by atoms with Gasteiger partial charge in [-0.2, -0.15) is 5.26 Å². The second kappa shape index (κ2) is 11.3. The number of hydrogen-bond acceptors (Lipinski definition) is 9. The van der Waals surface area contributed by atoms with Gasteiger partial charge < -0.3 is 19.2 Å². The van der Waals surface area contributed by atoms with Crippen LogP contribution in [0.3, 0.4) is 0 Å². The Kier molecular flexibility index (Phi) is 7.86. The van der Waals surface area contributed by atoms with Gasteiger partial charge in [-0.25, -0.2) is 18.1 Å². The molecule has 12 heteroatoms. The number of amides is 1. The number of benzene rings is 2. The van der Waals surface area contributed by atoms with Gasteiger partial charge >= 0.3 is 0 Å². The summed E-state index contributed by atoms with van der Waals surface area (Å²) in [5.74, 6) is -0.159. The van der Waals surface area contributed by atoms with Crippen molar-refractivity contribution >= 4 is 21.8 Å². The summed E-state index contributed by atoms with van der Waals surface area (Å²) in [4.78, 5) is 24.4. The van der Waals surface area contributed by atoms with E-state index >= 15 is 0 Å². The maximum atomic E-state index is 12.8. The molecule has 0 radical (unpaired) electrons. The zero-order valence-electron chi connectivity index (χ0n) is 21.8. The van der Waals surface area contributed by atoms with Crippen LogP contribution in [0, 0.1) is 11.3 Å². The van der Waals surface area contributed by atoms with Crippen molar-refractivity contribution in [1.82, 2.24) is 15.1 Å². The summed E-state index contributed by atoms with van der Waals surface area (Å²) in [6.07, 6.45) is 0.668. The van der Waals surface area contributed by atoms with Crippen LogP contribution in [0.25, 0.3) is 0 Å². The smallest absolute Gasteiger partial charge is 0.242 e. The third-order valence-electron chi connectivity index (χ3n) is 6.82. The van der Waals surface area contributed by atoms with Crippen molar-refractivity contribution in [3.05, 3.63) is 64.2 Å². The molecule has 0 spiro atoms. The zero-order valence-corrected chi connectivity index (χ0v) is 22.7. The molecule has 0 bridgehead atoms. The minimum absolute atomic E-state index is 0.0622. The molecule has 2 atom stereocenters. The molecule has 5 rings (SSSR count). The fourth-order valence-electron chi connectivity index (χ4n) is 5.04. The van der Waals surface area contributed by atoms with E-state index in [1.54, 1.807) is 18.2 Å². The summed E-state index contributed by atoms with van der Waals surface area (Å²) in [7, 11) is -3.84. The van der Waals surface area contributed by atoms with Crippen molar-refractivity contribution in [2.75, 3.05) is 32.1 Å². The molecule has 2 N–H and O–H groups in total. The summed E-state index contributed by atoms with van der Waals surface area (Å²) >= 11 is 0. The Hall–Kier alpha value is -3.50. The largest absolute Gasteiger partial charge is 0.490 e. The lowest BCUT2D eigenvalue weighted by Crippen LogP contribution is -2.45. The number of ether oxygens (including phenoxy) is 2. The summed E-state index contributed by atoms with van der Waals surface area (Å²) in [5.41, 5.74) is 6.71.